The van der Waals surface area contributed by atoms with Gasteiger partial charge in [-0.25, -0.2) is 0 Å². The van der Waals surface area contributed by atoms with Gasteiger partial charge in [0.2, 0.25) is 0 Å². The van der Waals surface area contributed by atoms with Gasteiger partial charge in [0.1, 0.15) is 11.5 Å². The van der Waals surface area contributed by atoms with Gasteiger partial charge < -0.3 is 10.2 Å². The average Bonchev–Trinajstić information content (AvgIpc) is 2.58. The highest BCUT2D eigenvalue weighted by Gasteiger charge is 1.98. The van der Waals surface area contributed by atoms with Crippen LogP contribution >= 0.6 is 0 Å². The fourth-order valence-electron chi connectivity index (χ4n) is 2.30. The van der Waals surface area contributed by atoms with Crippen LogP contribution < -0.4 is 0 Å². The molecule has 0 bridgehead atoms. The van der Waals surface area contributed by atoms with E-state index < -0.39 is 0 Å². The van der Waals surface area contributed by atoms with Crippen molar-refractivity contribution >= 4 is 11.4 Å². The lowest BCUT2D eigenvalue weighted by Crippen LogP contribution is -1.98. The van der Waals surface area contributed by atoms with Crippen LogP contribution in [0.5, 0.6) is 11.5 Å². The molecule has 0 saturated carbocycles. The van der Waals surface area contributed by atoms with Crippen LogP contribution in [0.1, 0.15) is 37.8 Å². The molecule has 2 aromatic carbocycles. The Balaban J connectivity index is 1.74. The van der Waals surface area contributed by atoms with Gasteiger partial charge in [-0.1, -0.05) is 0 Å². The molecule has 0 radical (unpaired) electrons. The van der Waals surface area contributed by atoms with Crippen molar-refractivity contribution in [3.05, 3.63) is 59.7 Å². The maximum Gasteiger partial charge on any atom is 0.115 e. The molecule has 4 heteroatoms. The molecule has 0 aliphatic carbocycles. The molecule has 0 fully saturated rings. The van der Waals surface area contributed by atoms with Crippen molar-refractivity contribution in [2.75, 3.05) is 13.1 Å². The van der Waals surface area contributed by atoms with Crippen LogP contribution in [0.3, 0.4) is 0 Å². The van der Waals surface area contributed by atoms with Crippen molar-refractivity contribution in [1.82, 2.24) is 0 Å². The summed E-state index contributed by atoms with van der Waals surface area (Å²) < 4.78 is 0. The predicted molar refractivity (Wildman–Crippen MR) is 99.6 cm³/mol. The molecule has 0 aromatic heterocycles. The van der Waals surface area contributed by atoms with Crippen LogP contribution in [0, 0.1) is 0 Å². The van der Waals surface area contributed by atoms with Crippen LogP contribution in [0.4, 0.5) is 0 Å². The summed E-state index contributed by atoms with van der Waals surface area (Å²) in [6.07, 6.45) is 1.98. The first-order valence-electron chi connectivity index (χ1n) is 8.17. The summed E-state index contributed by atoms with van der Waals surface area (Å²) in [7, 11) is 0. The zero-order valence-corrected chi connectivity index (χ0v) is 14.2. The third-order valence-corrected chi connectivity index (χ3v) is 3.83. The van der Waals surface area contributed by atoms with Gasteiger partial charge in [0.25, 0.3) is 0 Å². The van der Waals surface area contributed by atoms with Crippen molar-refractivity contribution in [2.45, 2.75) is 26.7 Å². The molecule has 0 aliphatic heterocycles. The van der Waals surface area contributed by atoms with Gasteiger partial charge in [-0.15, -0.1) is 0 Å². The van der Waals surface area contributed by atoms with Crippen molar-refractivity contribution in [3.8, 4) is 11.5 Å². The number of nitrogens with zero attached hydrogens (tertiary/aromatic N) is 2. The number of unbranched alkanes of at least 4 members (excludes halogenated alkanes) is 1. The first-order valence-corrected chi connectivity index (χ1v) is 8.17. The van der Waals surface area contributed by atoms with Crippen molar-refractivity contribution < 1.29 is 10.2 Å². The second-order valence-corrected chi connectivity index (χ2v) is 5.74. The SMILES string of the molecule is CC(=NCCCCN=C(C)c1ccc(O)cc1)c1ccc(O)cc1. The molecule has 0 atom stereocenters. The van der Waals surface area contributed by atoms with Gasteiger partial charge in [-0.2, -0.15) is 0 Å². The van der Waals surface area contributed by atoms with Crippen LogP contribution in [0.25, 0.3) is 0 Å². The molecule has 0 unspecified atom stereocenters. The van der Waals surface area contributed by atoms with Crippen molar-refractivity contribution in [3.63, 3.8) is 0 Å². The minimum atomic E-state index is 0.272. The van der Waals surface area contributed by atoms with Crippen LogP contribution in [0.15, 0.2) is 58.5 Å². The minimum Gasteiger partial charge on any atom is -0.508 e. The zero-order valence-electron chi connectivity index (χ0n) is 14.2. The molecule has 0 amide bonds. The van der Waals surface area contributed by atoms with Crippen LogP contribution in [-0.2, 0) is 0 Å². The van der Waals surface area contributed by atoms with E-state index in [0.29, 0.717) is 0 Å². The summed E-state index contributed by atoms with van der Waals surface area (Å²) in [6, 6.07) is 14.2. The van der Waals surface area contributed by atoms with E-state index in [1.165, 1.54) is 0 Å². The number of phenols is 2. The van der Waals surface area contributed by atoms with Gasteiger partial charge in [0.15, 0.2) is 0 Å². The third kappa shape index (κ3) is 5.54. The van der Waals surface area contributed by atoms with Crippen LogP contribution in [0.2, 0.25) is 0 Å². The second kappa shape index (κ2) is 8.87. The maximum absolute atomic E-state index is 9.29. The molecular weight excluding hydrogens is 300 g/mol. The van der Waals surface area contributed by atoms with Crippen molar-refractivity contribution in [1.29, 1.82) is 0 Å². The molecule has 2 N–H and O–H groups in total. The summed E-state index contributed by atoms with van der Waals surface area (Å²) in [5, 5.41) is 18.6. The average molecular weight is 324 g/mol. The van der Waals surface area contributed by atoms with Gasteiger partial charge in [-0.3, -0.25) is 9.98 Å². The molecule has 0 aliphatic rings. The standard InChI is InChI=1S/C20H24N2O2/c1-15(17-5-9-19(23)10-6-17)21-13-3-4-14-22-16(2)18-7-11-20(24)12-8-18/h5-12,23-24H,3-4,13-14H2,1-2H3. The van der Waals surface area contributed by atoms with E-state index in [1.807, 2.05) is 38.1 Å². The highest BCUT2D eigenvalue weighted by atomic mass is 16.3. The Kier molecular flexibility index (Phi) is 6.55. The topological polar surface area (TPSA) is 65.2 Å². The minimum absolute atomic E-state index is 0.272. The Morgan fingerprint density at radius 3 is 1.33 bits per heavy atom. The predicted octanol–water partition coefficient (Wildman–Crippen LogP) is 4.20. The summed E-state index contributed by atoms with van der Waals surface area (Å²) in [5.74, 6) is 0.543. The van der Waals surface area contributed by atoms with Crippen LogP contribution in [-0.4, -0.2) is 34.7 Å². The Hall–Kier alpha value is -2.62. The smallest absolute Gasteiger partial charge is 0.115 e. The molecule has 24 heavy (non-hydrogen) atoms. The molecule has 4 nitrogen and oxygen atoms in total. The fourth-order valence-corrected chi connectivity index (χ4v) is 2.30. The number of aliphatic imine (C=N–C) groups is 2. The number of aromatic hydroxyl groups is 2. The second-order valence-electron chi connectivity index (χ2n) is 5.74. The molecule has 2 aromatic rings. The quantitative estimate of drug-likeness (QED) is 0.592. The molecule has 2 rings (SSSR count). The van der Waals surface area contributed by atoms with E-state index in [4.69, 9.17) is 0 Å². The summed E-state index contributed by atoms with van der Waals surface area (Å²) >= 11 is 0. The largest absolute Gasteiger partial charge is 0.508 e. The molecule has 126 valence electrons. The number of hydrogen-bond acceptors (Lipinski definition) is 4. The monoisotopic (exact) mass is 324 g/mol. The van der Waals surface area contributed by atoms with E-state index in [9.17, 15) is 10.2 Å². The number of benzene rings is 2. The molecular formula is C20H24N2O2. The summed E-state index contributed by atoms with van der Waals surface area (Å²) in [4.78, 5) is 9.13. The Bertz CT molecular complexity index is 638. The summed E-state index contributed by atoms with van der Waals surface area (Å²) in [5.41, 5.74) is 4.04. The number of hydrogen-bond donors (Lipinski definition) is 2. The highest BCUT2D eigenvalue weighted by Crippen LogP contribution is 2.11. The summed E-state index contributed by atoms with van der Waals surface area (Å²) in [6.45, 7) is 5.53. The Labute approximate surface area is 143 Å². The lowest BCUT2D eigenvalue weighted by molar-refractivity contribution is 0.474. The van der Waals surface area contributed by atoms with E-state index in [-0.39, 0.29) is 11.5 Å². The number of phenolic OH excluding ortho intramolecular Hbond substituents is 2. The lowest BCUT2D eigenvalue weighted by atomic mass is 10.1. The first-order chi connectivity index (χ1) is 11.6. The lowest BCUT2D eigenvalue weighted by Gasteiger charge is -2.03. The first kappa shape index (κ1) is 17.7. The molecule has 0 saturated heterocycles. The van der Waals surface area contributed by atoms with E-state index in [2.05, 4.69) is 9.98 Å². The Morgan fingerprint density at radius 1 is 0.667 bits per heavy atom. The van der Waals surface area contributed by atoms with Gasteiger partial charge >= 0.3 is 0 Å². The molecule has 0 spiro atoms. The number of rotatable bonds is 7. The van der Waals surface area contributed by atoms with Gasteiger partial charge in [-0.05, 0) is 86.3 Å². The van der Waals surface area contributed by atoms with Crippen molar-refractivity contribution in [2.24, 2.45) is 9.98 Å². The highest BCUT2D eigenvalue weighted by molar-refractivity contribution is 5.99. The third-order valence-electron chi connectivity index (χ3n) is 3.83. The zero-order chi connectivity index (χ0) is 17.4. The maximum atomic E-state index is 9.29. The fraction of sp³-hybridized carbons (Fsp3) is 0.300. The Morgan fingerprint density at radius 2 is 1.00 bits per heavy atom. The molecule has 0 heterocycles. The van der Waals surface area contributed by atoms with Gasteiger partial charge in [0, 0.05) is 24.5 Å². The normalized spacial score (nSPS) is 12.4. The van der Waals surface area contributed by atoms with E-state index >= 15 is 0 Å². The van der Waals surface area contributed by atoms with E-state index in [1.54, 1.807) is 24.3 Å². The van der Waals surface area contributed by atoms with E-state index in [0.717, 1.165) is 48.5 Å². The van der Waals surface area contributed by atoms with Gasteiger partial charge in [0.05, 0.1) is 0 Å².